The SMILES string of the molecule is Fc1ccc(N(c2cccc(-c3[c-]cccc3)n2)c2cccc(-c3[c-]cccc3)n2)cc1.[Pt+2]. The maximum Gasteiger partial charge on any atom is 2.00 e. The molecule has 0 saturated heterocycles. The second kappa shape index (κ2) is 10.3. The molecule has 0 N–H and O–H groups in total. The summed E-state index contributed by atoms with van der Waals surface area (Å²) in [4.78, 5) is 11.7. The molecule has 0 fully saturated rings. The number of nitrogens with zero attached hydrogens (tertiary/aromatic N) is 3. The van der Waals surface area contributed by atoms with E-state index >= 15 is 0 Å². The van der Waals surface area contributed by atoms with E-state index in [1.54, 1.807) is 12.1 Å². The molecule has 0 bridgehead atoms. The zero-order valence-electron chi connectivity index (χ0n) is 17.4. The van der Waals surface area contributed by atoms with Gasteiger partial charge < -0.3 is 0 Å². The fourth-order valence-corrected chi connectivity index (χ4v) is 3.47. The predicted molar refractivity (Wildman–Crippen MR) is 125 cm³/mol. The Kier molecular flexibility index (Phi) is 7.06. The minimum Gasteiger partial charge on any atom is -0.280 e. The van der Waals surface area contributed by atoms with Crippen LogP contribution in [0.1, 0.15) is 0 Å². The molecule has 0 radical (unpaired) electrons. The molecule has 0 unspecified atom stereocenters. The van der Waals surface area contributed by atoms with Gasteiger partial charge in [0.15, 0.2) is 0 Å². The van der Waals surface area contributed by atoms with Crippen molar-refractivity contribution in [2.24, 2.45) is 0 Å². The Bertz CT molecular complexity index is 1240. The van der Waals surface area contributed by atoms with Gasteiger partial charge in [0.1, 0.15) is 17.5 Å². The Hall–Kier alpha value is -3.62. The number of hydrogen-bond acceptors (Lipinski definition) is 3. The van der Waals surface area contributed by atoms with Crippen molar-refractivity contribution in [3.63, 3.8) is 0 Å². The number of hydrogen-bond donors (Lipinski definition) is 0. The second-order valence-electron chi connectivity index (χ2n) is 7.13. The molecule has 0 aliphatic rings. The second-order valence-corrected chi connectivity index (χ2v) is 7.13. The maximum atomic E-state index is 13.7. The molecule has 2 aromatic heterocycles. The van der Waals surface area contributed by atoms with E-state index in [4.69, 9.17) is 9.97 Å². The quantitative estimate of drug-likeness (QED) is 0.201. The van der Waals surface area contributed by atoms with Gasteiger partial charge in [-0.3, -0.25) is 14.9 Å². The summed E-state index contributed by atoms with van der Waals surface area (Å²) in [5, 5.41) is 0. The van der Waals surface area contributed by atoms with Crippen LogP contribution in [0, 0.1) is 17.9 Å². The number of anilines is 3. The van der Waals surface area contributed by atoms with E-state index < -0.39 is 0 Å². The van der Waals surface area contributed by atoms with E-state index in [0.29, 0.717) is 11.6 Å². The van der Waals surface area contributed by atoms with Gasteiger partial charge in [-0.15, -0.1) is 71.8 Å². The molecule has 0 amide bonds. The first-order chi connectivity index (χ1) is 15.8. The third-order valence-electron chi connectivity index (χ3n) is 4.98. The molecule has 0 saturated carbocycles. The average Bonchev–Trinajstić information content (AvgIpc) is 2.87. The molecule has 33 heavy (non-hydrogen) atoms. The van der Waals surface area contributed by atoms with Gasteiger partial charge in [-0.2, -0.15) is 0 Å². The van der Waals surface area contributed by atoms with Crippen molar-refractivity contribution < 1.29 is 25.5 Å². The summed E-state index contributed by atoms with van der Waals surface area (Å²) in [6.45, 7) is 0. The summed E-state index contributed by atoms with van der Waals surface area (Å²) in [5.74, 6) is 1.05. The number of aromatic nitrogens is 2. The van der Waals surface area contributed by atoms with Crippen LogP contribution < -0.4 is 4.90 Å². The van der Waals surface area contributed by atoms with Crippen molar-refractivity contribution in [1.82, 2.24) is 9.97 Å². The van der Waals surface area contributed by atoms with Crippen LogP contribution in [-0.4, -0.2) is 9.97 Å². The molecular weight excluding hydrogens is 592 g/mol. The monoisotopic (exact) mass is 610 g/mol. The van der Waals surface area contributed by atoms with Gasteiger partial charge in [0.2, 0.25) is 0 Å². The zero-order valence-corrected chi connectivity index (χ0v) is 19.7. The van der Waals surface area contributed by atoms with E-state index in [-0.39, 0.29) is 26.9 Å². The molecule has 3 aromatic carbocycles. The molecule has 0 aliphatic heterocycles. The smallest absolute Gasteiger partial charge is 0.280 e. The molecule has 0 aliphatic carbocycles. The Morgan fingerprint density at radius 1 is 0.576 bits per heavy atom. The van der Waals surface area contributed by atoms with Gasteiger partial charge in [-0.25, -0.2) is 4.39 Å². The van der Waals surface area contributed by atoms with Crippen molar-refractivity contribution in [2.45, 2.75) is 0 Å². The van der Waals surface area contributed by atoms with E-state index in [2.05, 4.69) is 12.1 Å². The number of halogens is 1. The third kappa shape index (κ3) is 5.07. The van der Waals surface area contributed by atoms with Gasteiger partial charge >= 0.3 is 21.1 Å². The van der Waals surface area contributed by atoms with Crippen LogP contribution in [-0.2, 0) is 21.1 Å². The topological polar surface area (TPSA) is 29.0 Å². The number of benzene rings is 3. The standard InChI is InChI=1S/C28H18FN3.Pt/c29-23-17-19-24(20-18-23)32(27-15-7-13-25(30-27)21-9-3-1-4-10-21)28-16-8-14-26(31-28)22-11-5-2-6-12-22;/h1-9,11,13-20H;/q-2;+2. The Labute approximate surface area is 206 Å². The third-order valence-corrected chi connectivity index (χ3v) is 4.98. The fourth-order valence-electron chi connectivity index (χ4n) is 3.47. The van der Waals surface area contributed by atoms with Crippen LogP contribution in [0.2, 0.25) is 0 Å². The first kappa shape index (κ1) is 22.6. The first-order valence-corrected chi connectivity index (χ1v) is 10.2. The van der Waals surface area contributed by atoms with Crippen LogP contribution in [0.4, 0.5) is 21.7 Å². The summed E-state index contributed by atoms with van der Waals surface area (Å²) in [6.07, 6.45) is 0. The minimum atomic E-state index is -0.296. The summed E-state index contributed by atoms with van der Waals surface area (Å²) < 4.78 is 13.7. The first-order valence-electron chi connectivity index (χ1n) is 10.2. The van der Waals surface area contributed by atoms with Crippen molar-refractivity contribution in [2.75, 3.05) is 4.90 Å². The summed E-state index contributed by atoms with van der Waals surface area (Å²) in [6, 6.07) is 39.8. The molecular formula is C28H18FN3Pt. The molecule has 2 heterocycles. The van der Waals surface area contributed by atoms with Gasteiger partial charge in [-0.05, 0) is 47.8 Å². The van der Waals surface area contributed by atoms with E-state index in [1.807, 2.05) is 89.8 Å². The van der Waals surface area contributed by atoms with Crippen molar-refractivity contribution in [3.8, 4) is 22.5 Å². The Balaban J connectivity index is 0.00000259. The molecule has 5 rings (SSSR count). The van der Waals surface area contributed by atoms with Crippen LogP contribution in [0.15, 0.2) is 109 Å². The molecule has 5 aromatic rings. The molecule has 3 nitrogen and oxygen atoms in total. The van der Waals surface area contributed by atoms with Crippen LogP contribution >= 0.6 is 0 Å². The van der Waals surface area contributed by atoms with Crippen molar-refractivity contribution >= 4 is 17.3 Å². The van der Waals surface area contributed by atoms with E-state index in [9.17, 15) is 4.39 Å². The van der Waals surface area contributed by atoms with Gasteiger partial charge in [-0.1, -0.05) is 24.3 Å². The molecule has 0 spiro atoms. The normalized spacial score (nSPS) is 10.3. The van der Waals surface area contributed by atoms with E-state index in [1.165, 1.54) is 12.1 Å². The fraction of sp³-hybridized carbons (Fsp3) is 0. The molecule has 0 atom stereocenters. The largest absolute Gasteiger partial charge is 2.00 e. The van der Waals surface area contributed by atoms with Gasteiger partial charge in [0.25, 0.3) is 0 Å². The van der Waals surface area contributed by atoms with Crippen LogP contribution in [0.3, 0.4) is 0 Å². The maximum absolute atomic E-state index is 13.7. The Morgan fingerprint density at radius 3 is 1.55 bits per heavy atom. The molecule has 162 valence electrons. The Morgan fingerprint density at radius 2 is 1.09 bits per heavy atom. The van der Waals surface area contributed by atoms with Crippen LogP contribution in [0.5, 0.6) is 0 Å². The number of pyridine rings is 2. The van der Waals surface area contributed by atoms with Gasteiger partial charge in [0.05, 0.1) is 0 Å². The van der Waals surface area contributed by atoms with Crippen molar-refractivity contribution in [3.05, 3.63) is 127 Å². The van der Waals surface area contributed by atoms with E-state index in [0.717, 1.165) is 28.2 Å². The van der Waals surface area contributed by atoms with Gasteiger partial charge in [0, 0.05) is 5.69 Å². The zero-order chi connectivity index (χ0) is 21.8. The summed E-state index contributed by atoms with van der Waals surface area (Å²) in [5.41, 5.74) is 4.14. The summed E-state index contributed by atoms with van der Waals surface area (Å²) in [7, 11) is 0. The average molecular weight is 611 g/mol. The molecule has 5 heteroatoms. The minimum absolute atomic E-state index is 0. The van der Waals surface area contributed by atoms with Crippen LogP contribution in [0.25, 0.3) is 22.5 Å². The van der Waals surface area contributed by atoms with Crippen molar-refractivity contribution in [1.29, 1.82) is 0 Å². The summed E-state index contributed by atoms with van der Waals surface area (Å²) >= 11 is 0. The number of rotatable bonds is 5. The predicted octanol–water partition coefficient (Wildman–Crippen LogP) is 7.02.